The minimum absolute atomic E-state index is 0.392. The SMILES string of the molecule is c1ccc(C2C[C@H]3CC4(CCCC4)N2O3)cc1. The van der Waals surface area contributed by atoms with E-state index >= 15 is 0 Å². The van der Waals surface area contributed by atoms with Gasteiger partial charge in [-0.3, -0.25) is 4.84 Å². The van der Waals surface area contributed by atoms with E-state index in [2.05, 4.69) is 35.4 Å². The molecule has 17 heavy (non-hydrogen) atoms. The third kappa shape index (κ3) is 1.40. The highest BCUT2D eigenvalue weighted by Crippen LogP contribution is 2.55. The van der Waals surface area contributed by atoms with Crippen LogP contribution in [0.25, 0.3) is 0 Å². The fraction of sp³-hybridized carbons (Fsp3) is 0.600. The molecule has 2 aliphatic heterocycles. The molecule has 4 rings (SSSR count). The lowest BCUT2D eigenvalue weighted by Gasteiger charge is -2.38. The molecule has 3 atom stereocenters. The van der Waals surface area contributed by atoms with E-state index in [0.717, 1.165) is 0 Å². The van der Waals surface area contributed by atoms with Gasteiger partial charge in [0.1, 0.15) is 0 Å². The summed E-state index contributed by atoms with van der Waals surface area (Å²) in [6, 6.07) is 11.4. The van der Waals surface area contributed by atoms with E-state index in [1.165, 1.54) is 44.1 Å². The normalized spacial score (nSPS) is 38.0. The maximum absolute atomic E-state index is 6.11. The Labute approximate surface area is 103 Å². The Hall–Kier alpha value is -0.860. The highest BCUT2D eigenvalue weighted by molar-refractivity contribution is 5.22. The van der Waals surface area contributed by atoms with Crippen molar-refractivity contribution in [3.05, 3.63) is 35.9 Å². The van der Waals surface area contributed by atoms with Crippen molar-refractivity contribution < 1.29 is 4.84 Å². The summed E-state index contributed by atoms with van der Waals surface area (Å²) < 4.78 is 0. The lowest BCUT2D eigenvalue weighted by molar-refractivity contribution is -0.166. The molecule has 0 aromatic heterocycles. The van der Waals surface area contributed by atoms with Crippen LogP contribution in [-0.4, -0.2) is 16.7 Å². The highest BCUT2D eigenvalue weighted by atomic mass is 16.7. The van der Waals surface area contributed by atoms with Crippen LogP contribution in [0.5, 0.6) is 0 Å². The van der Waals surface area contributed by atoms with Gasteiger partial charge in [0.25, 0.3) is 0 Å². The van der Waals surface area contributed by atoms with Gasteiger partial charge in [-0.25, -0.2) is 0 Å². The van der Waals surface area contributed by atoms with Gasteiger partial charge in [0, 0.05) is 5.54 Å². The molecule has 1 aromatic rings. The lowest BCUT2D eigenvalue weighted by atomic mass is 9.82. The quantitative estimate of drug-likeness (QED) is 0.731. The van der Waals surface area contributed by atoms with Gasteiger partial charge in [-0.05, 0) is 31.2 Å². The third-order valence-corrected chi connectivity index (χ3v) is 4.83. The first kappa shape index (κ1) is 10.1. The van der Waals surface area contributed by atoms with Crippen LogP contribution in [0.15, 0.2) is 30.3 Å². The minimum atomic E-state index is 0.392. The molecule has 2 unspecified atom stereocenters. The molecule has 1 spiro atoms. The van der Waals surface area contributed by atoms with Gasteiger partial charge in [0.15, 0.2) is 0 Å². The van der Waals surface area contributed by atoms with Crippen LogP contribution in [0.4, 0.5) is 0 Å². The molecule has 90 valence electrons. The fourth-order valence-electron chi connectivity index (χ4n) is 4.10. The Morgan fingerprint density at radius 2 is 1.88 bits per heavy atom. The number of hydroxylamine groups is 2. The molecule has 2 heterocycles. The molecular weight excluding hydrogens is 210 g/mol. The van der Waals surface area contributed by atoms with E-state index < -0.39 is 0 Å². The highest BCUT2D eigenvalue weighted by Gasteiger charge is 2.56. The topological polar surface area (TPSA) is 12.5 Å². The van der Waals surface area contributed by atoms with Gasteiger partial charge in [-0.1, -0.05) is 43.2 Å². The zero-order valence-electron chi connectivity index (χ0n) is 10.1. The largest absolute Gasteiger partial charge is 0.294 e. The molecule has 0 amide bonds. The Bertz CT molecular complexity index is 410. The summed E-state index contributed by atoms with van der Waals surface area (Å²) in [6.07, 6.45) is 8.39. The second kappa shape index (κ2) is 3.56. The molecule has 1 saturated carbocycles. The van der Waals surface area contributed by atoms with Crippen molar-refractivity contribution >= 4 is 0 Å². The summed E-state index contributed by atoms with van der Waals surface area (Å²) in [7, 11) is 0. The van der Waals surface area contributed by atoms with Crippen molar-refractivity contribution in [3.63, 3.8) is 0 Å². The van der Waals surface area contributed by atoms with E-state index in [4.69, 9.17) is 4.84 Å². The number of fused-ring (bicyclic) bond motifs is 3. The van der Waals surface area contributed by atoms with Gasteiger partial charge in [0.05, 0.1) is 12.1 Å². The maximum Gasteiger partial charge on any atom is 0.0831 e. The van der Waals surface area contributed by atoms with Crippen molar-refractivity contribution in [2.45, 2.75) is 56.2 Å². The minimum Gasteiger partial charge on any atom is -0.294 e. The average molecular weight is 229 g/mol. The van der Waals surface area contributed by atoms with Gasteiger partial charge in [-0.2, -0.15) is 5.06 Å². The van der Waals surface area contributed by atoms with E-state index in [1.54, 1.807) is 0 Å². The van der Waals surface area contributed by atoms with Gasteiger partial charge >= 0.3 is 0 Å². The predicted molar refractivity (Wildman–Crippen MR) is 66.3 cm³/mol. The molecule has 0 N–H and O–H groups in total. The predicted octanol–water partition coefficient (Wildman–Crippen LogP) is 3.45. The van der Waals surface area contributed by atoms with Crippen molar-refractivity contribution in [1.29, 1.82) is 0 Å². The number of hydrogen-bond donors (Lipinski definition) is 0. The first-order chi connectivity index (χ1) is 8.37. The van der Waals surface area contributed by atoms with Crippen molar-refractivity contribution in [3.8, 4) is 0 Å². The third-order valence-electron chi connectivity index (χ3n) is 4.83. The maximum atomic E-state index is 6.11. The van der Waals surface area contributed by atoms with Crippen LogP contribution in [0, 0.1) is 0 Å². The molecule has 1 aliphatic carbocycles. The smallest absolute Gasteiger partial charge is 0.0831 e. The van der Waals surface area contributed by atoms with E-state index in [1.807, 2.05) is 0 Å². The zero-order chi connectivity index (χ0) is 11.3. The molecule has 3 aliphatic rings. The first-order valence-corrected chi connectivity index (χ1v) is 6.88. The molecule has 0 radical (unpaired) electrons. The second-order valence-corrected chi connectivity index (χ2v) is 5.85. The summed E-state index contributed by atoms with van der Waals surface area (Å²) in [5.41, 5.74) is 1.82. The van der Waals surface area contributed by atoms with Crippen molar-refractivity contribution in [1.82, 2.24) is 5.06 Å². The second-order valence-electron chi connectivity index (χ2n) is 5.85. The molecule has 2 nitrogen and oxygen atoms in total. The molecular formula is C15H19NO. The first-order valence-electron chi connectivity index (χ1n) is 6.88. The Morgan fingerprint density at radius 3 is 2.59 bits per heavy atom. The average Bonchev–Trinajstić information content (AvgIpc) is 3.06. The van der Waals surface area contributed by atoms with Gasteiger partial charge < -0.3 is 0 Å². The number of hydrogen-bond acceptors (Lipinski definition) is 2. The Kier molecular flexibility index (Phi) is 2.12. The summed E-state index contributed by atoms with van der Waals surface area (Å²) in [6.45, 7) is 0. The standard InChI is InChI=1S/C15H19NO/c1-2-6-12(7-3-1)14-10-13-11-15(16(14)17-13)8-4-5-9-15/h1-3,6-7,13-14H,4-5,8-11H2/t13-,14?/m0/s1. The van der Waals surface area contributed by atoms with E-state index in [0.29, 0.717) is 17.7 Å². The Balaban J connectivity index is 1.67. The fourth-order valence-corrected chi connectivity index (χ4v) is 4.10. The monoisotopic (exact) mass is 229 g/mol. The molecule has 3 fully saturated rings. The zero-order valence-corrected chi connectivity index (χ0v) is 10.1. The van der Waals surface area contributed by atoms with Crippen LogP contribution < -0.4 is 0 Å². The van der Waals surface area contributed by atoms with E-state index in [9.17, 15) is 0 Å². The lowest BCUT2D eigenvalue weighted by Crippen LogP contribution is -2.43. The van der Waals surface area contributed by atoms with Crippen LogP contribution in [0.3, 0.4) is 0 Å². The van der Waals surface area contributed by atoms with E-state index in [-0.39, 0.29) is 0 Å². The summed E-state index contributed by atoms with van der Waals surface area (Å²) in [5.74, 6) is 0. The number of rotatable bonds is 1. The molecule has 2 bridgehead atoms. The van der Waals surface area contributed by atoms with Gasteiger partial charge in [-0.15, -0.1) is 0 Å². The van der Waals surface area contributed by atoms with Crippen LogP contribution >= 0.6 is 0 Å². The van der Waals surface area contributed by atoms with Gasteiger partial charge in [0.2, 0.25) is 0 Å². The summed E-state index contributed by atoms with van der Waals surface area (Å²) in [5, 5.41) is 2.38. The summed E-state index contributed by atoms with van der Waals surface area (Å²) in [4.78, 5) is 6.11. The summed E-state index contributed by atoms with van der Waals surface area (Å²) >= 11 is 0. The van der Waals surface area contributed by atoms with Crippen LogP contribution in [0.2, 0.25) is 0 Å². The number of nitrogens with zero attached hydrogens (tertiary/aromatic N) is 1. The molecule has 2 saturated heterocycles. The number of piperidine rings is 1. The van der Waals surface area contributed by atoms with Crippen molar-refractivity contribution in [2.24, 2.45) is 0 Å². The Morgan fingerprint density at radius 1 is 1.12 bits per heavy atom. The van der Waals surface area contributed by atoms with Crippen LogP contribution in [0.1, 0.15) is 50.1 Å². The number of benzene rings is 1. The van der Waals surface area contributed by atoms with Crippen molar-refractivity contribution in [2.75, 3.05) is 0 Å². The molecule has 1 aromatic carbocycles. The molecule has 2 heteroatoms. The van der Waals surface area contributed by atoms with Crippen LogP contribution in [-0.2, 0) is 4.84 Å².